The molecule has 0 spiro atoms. The number of rotatable bonds is 5. The van der Waals surface area contributed by atoms with Gasteiger partial charge in [0.2, 0.25) is 6.20 Å². The lowest BCUT2D eigenvalue weighted by molar-refractivity contribution is -0.400. The molecule has 0 unspecified atom stereocenters. The molecule has 5 nitrogen and oxygen atoms in total. The van der Waals surface area contributed by atoms with Gasteiger partial charge in [0.05, 0.1) is 12.0 Å². The number of esters is 1. The van der Waals surface area contributed by atoms with Crippen LogP contribution in [-0.2, 0) is 9.53 Å². The highest BCUT2D eigenvalue weighted by molar-refractivity contribution is 8.02. The van der Waals surface area contributed by atoms with E-state index >= 15 is 0 Å². The van der Waals surface area contributed by atoms with Crippen LogP contribution in [0.15, 0.2) is 46.8 Å². The molecule has 1 aromatic rings. The van der Waals surface area contributed by atoms with Crippen molar-refractivity contribution in [3.05, 3.63) is 57.6 Å². The van der Waals surface area contributed by atoms with Gasteiger partial charge in [-0.3, -0.25) is 10.1 Å². The minimum Gasteiger partial charge on any atom is -0.466 e. The molecule has 0 saturated carbocycles. The summed E-state index contributed by atoms with van der Waals surface area (Å²) in [5, 5.41) is 11.8. The van der Waals surface area contributed by atoms with Crippen LogP contribution in [0.4, 0.5) is 0 Å². The Hall–Kier alpha value is -2.08. The maximum absolute atomic E-state index is 10.9. The third kappa shape index (κ3) is 4.84. The quantitative estimate of drug-likeness (QED) is 0.269. The van der Waals surface area contributed by atoms with Gasteiger partial charge in [-0.15, -0.1) is 0 Å². The van der Waals surface area contributed by atoms with Crippen molar-refractivity contribution in [3.63, 3.8) is 0 Å². The van der Waals surface area contributed by atoms with E-state index in [2.05, 4.69) is 4.74 Å². The first-order valence-corrected chi connectivity index (χ1v) is 5.83. The molecule has 0 aliphatic heterocycles. The maximum atomic E-state index is 10.9. The summed E-state index contributed by atoms with van der Waals surface area (Å²) in [5.74, 6) is -0.444. The SMILES string of the molecule is COC(=O)/C=C/Sc1ccccc1/C=C/[N+](=O)[O-]. The Labute approximate surface area is 108 Å². The largest absolute Gasteiger partial charge is 0.466 e. The Morgan fingerprint density at radius 1 is 1.44 bits per heavy atom. The number of thioether (sulfide) groups is 1. The van der Waals surface area contributed by atoms with Crippen molar-refractivity contribution in [2.24, 2.45) is 0 Å². The number of benzene rings is 1. The summed E-state index contributed by atoms with van der Waals surface area (Å²) in [6.45, 7) is 0. The fraction of sp³-hybridized carbons (Fsp3) is 0.0833. The molecule has 0 amide bonds. The van der Waals surface area contributed by atoms with Crippen LogP contribution >= 0.6 is 11.8 Å². The van der Waals surface area contributed by atoms with Crippen molar-refractivity contribution >= 4 is 23.8 Å². The average molecular weight is 265 g/mol. The lowest BCUT2D eigenvalue weighted by Crippen LogP contribution is -1.92. The summed E-state index contributed by atoms with van der Waals surface area (Å²) in [7, 11) is 1.30. The van der Waals surface area contributed by atoms with Gasteiger partial charge in [-0.2, -0.15) is 0 Å². The van der Waals surface area contributed by atoms with Crippen molar-refractivity contribution in [3.8, 4) is 0 Å². The van der Waals surface area contributed by atoms with E-state index in [-0.39, 0.29) is 0 Å². The zero-order chi connectivity index (χ0) is 13.4. The molecule has 0 N–H and O–H groups in total. The highest BCUT2D eigenvalue weighted by Crippen LogP contribution is 2.24. The Morgan fingerprint density at radius 2 is 2.17 bits per heavy atom. The highest BCUT2D eigenvalue weighted by atomic mass is 32.2. The first-order valence-electron chi connectivity index (χ1n) is 4.95. The summed E-state index contributed by atoms with van der Waals surface area (Å²) in [4.78, 5) is 21.4. The zero-order valence-corrected chi connectivity index (χ0v) is 10.4. The van der Waals surface area contributed by atoms with Crippen LogP contribution in [0.1, 0.15) is 5.56 Å². The first-order chi connectivity index (χ1) is 8.63. The van der Waals surface area contributed by atoms with Crippen molar-refractivity contribution in [1.82, 2.24) is 0 Å². The maximum Gasteiger partial charge on any atom is 0.330 e. The second-order valence-corrected chi connectivity index (χ2v) is 4.03. The van der Waals surface area contributed by atoms with E-state index in [0.29, 0.717) is 5.56 Å². The summed E-state index contributed by atoms with van der Waals surface area (Å²) in [6.07, 6.45) is 3.58. The molecular weight excluding hydrogens is 254 g/mol. The van der Waals surface area contributed by atoms with E-state index in [4.69, 9.17) is 0 Å². The van der Waals surface area contributed by atoms with E-state index in [9.17, 15) is 14.9 Å². The van der Waals surface area contributed by atoms with E-state index < -0.39 is 10.9 Å². The molecule has 94 valence electrons. The molecule has 0 bridgehead atoms. The molecule has 0 heterocycles. The van der Waals surface area contributed by atoms with Gasteiger partial charge in [0.25, 0.3) is 0 Å². The predicted molar refractivity (Wildman–Crippen MR) is 69.5 cm³/mol. The molecule has 18 heavy (non-hydrogen) atoms. The fourth-order valence-corrected chi connectivity index (χ4v) is 1.85. The summed E-state index contributed by atoms with van der Waals surface area (Å²) < 4.78 is 4.45. The molecule has 0 aromatic heterocycles. The Balaban J connectivity index is 2.79. The molecule has 0 saturated heterocycles. The van der Waals surface area contributed by atoms with Crippen molar-refractivity contribution < 1.29 is 14.5 Å². The van der Waals surface area contributed by atoms with E-state index in [1.54, 1.807) is 17.5 Å². The van der Waals surface area contributed by atoms with Crippen LogP contribution in [0.25, 0.3) is 6.08 Å². The van der Waals surface area contributed by atoms with Crippen LogP contribution in [0.5, 0.6) is 0 Å². The molecule has 1 rings (SSSR count). The molecule has 0 radical (unpaired) electrons. The number of nitro groups is 1. The molecular formula is C12H11NO4S. The minimum atomic E-state index is -0.522. The third-order valence-corrected chi connectivity index (χ3v) is 2.79. The van der Waals surface area contributed by atoms with Gasteiger partial charge in [-0.25, -0.2) is 4.79 Å². The van der Waals surface area contributed by atoms with E-state index in [1.165, 1.54) is 31.0 Å². The fourth-order valence-electron chi connectivity index (χ4n) is 1.10. The number of ether oxygens (including phenoxy) is 1. The highest BCUT2D eigenvalue weighted by Gasteiger charge is 1.99. The number of carbonyl (C=O) groups is 1. The number of nitrogens with zero attached hydrogens (tertiary/aromatic N) is 1. The standard InChI is InChI=1S/C12H11NO4S/c1-17-12(14)7-9-18-11-5-3-2-4-10(11)6-8-13(15)16/h2-9H,1H3/b8-6+,9-7+. The monoisotopic (exact) mass is 265 g/mol. The van der Waals surface area contributed by atoms with Gasteiger partial charge in [0, 0.05) is 17.0 Å². The van der Waals surface area contributed by atoms with Gasteiger partial charge in [0.1, 0.15) is 0 Å². The number of hydrogen-bond donors (Lipinski definition) is 0. The van der Waals surface area contributed by atoms with Crippen molar-refractivity contribution in [2.75, 3.05) is 7.11 Å². The molecule has 1 aromatic carbocycles. The van der Waals surface area contributed by atoms with Gasteiger partial charge in [-0.05, 0) is 17.0 Å². The third-order valence-electron chi connectivity index (χ3n) is 1.90. The van der Waals surface area contributed by atoms with Crippen LogP contribution in [-0.4, -0.2) is 18.0 Å². The number of methoxy groups -OCH3 is 1. The lowest BCUT2D eigenvalue weighted by atomic mass is 10.2. The Morgan fingerprint density at radius 3 is 2.83 bits per heavy atom. The summed E-state index contributed by atoms with van der Waals surface area (Å²) >= 11 is 1.29. The summed E-state index contributed by atoms with van der Waals surface area (Å²) in [5.41, 5.74) is 0.716. The summed E-state index contributed by atoms with van der Waals surface area (Å²) in [6, 6.07) is 7.17. The van der Waals surface area contributed by atoms with Crippen molar-refractivity contribution in [2.45, 2.75) is 4.90 Å². The lowest BCUT2D eigenvalue weighted by Gasteiger charge is -2.00. The van der Waals surface area contributed by atoms with Gasteiger partial charge >= 0.3 is 5.97 Å². The van der Waals surface area contributed by atoms with Crippen LogP contribution in [0, 0.1) is 10.1 Å². The minimum absolute atomic E-state index is 0.444. The number of hydrogen-bond acceptors (Lipinski definition) is 5. The second-order valence-electron chi connectivity index (χ2n) is 3.08. The molecule has 0 fully saturated rings. The zero-order valence-electron chi connectivity index (χ0n) is 9.61. The average Bonchev–Trinajstić information content (AvgIpc) is 2.37. The van der Waals surface area contributed by atoms with Gasteiger partial charge in [-0.1, -0.05) is 30.0 Å². The Kier molecular flexibility index (Phi) is 5.66. The van der Waals surface area contributed by atoms with Gasteiger partial charge < -0.3 is 4.74 Å². The topological polar surface area (TPSA) is 69.4 Å². The van der Waals surface area contributed by atoms with Crippen LogP contribution < -0.4 is 0 Å². The van der Waals surface area contributed by atoms with Crippen LogP contribution in [0.2, 0.25) is 0 Å². The van der Waals surface area contributed by atoms with E-state index in [1.807, 2.05) is 12.1 Å². The van der Waals surface area contributed by atoms with Crippen molar-refractivity contribution in [1.29, 1.82) is 0 Å². The van der Waals surface area contributed by atoms with Gasteiger partial charge in [0.15, 0.2) is 0 Å². The smallest absolute Gasteiger partial charge is 0.330 e. The normalized spacial score (nSPS) is 10.9. The second kappa shape index (κ2) is 7.29. The molecule has 0 atom stereocenters. The molecule has 0 aliphatic rings. The molecule has 6 heteroatoms. The molecule has 0 aliphatic carbocycles. The number of carbonyl (C=O) groups excluding carboxylic acids is 1. The predicted octanol–water partition coefficient (Wildman–Crippen LogP) is 2.71. The Bertz CT molecular complexity index is 497. The van der Waals surface area contributed by atoms with Crippen LogP contribution in [0.3, 0.4) is 0 Å². The first kappa shape index (κ1) is 14.0. The van der Waals surface area contributed by atoms with E-state index in [0.717, 1.165) is 11.1 Å².